The fraction of sp³-hybridized carbons (Fsp3) is 0.588. The highest BCUT2D eigenvalue weighted by atomic mass is 16.5. The fourth-order valence-electron chi connectivity index (χ4n) is 2.81. The maximum Gasteiger partial charge on any atom is 0.238 e. The molecule has 0 radical (unpaired) electrons. The van der Waals surface area contributed by atoms with Crippen LogP contribution in [0.25, 0.3) is 0 Å². The third-order valence-electron chi connectivity index (χ3n) is 3.99. The maximum atomic E-state index is 12.1. The molecule has 0 spiro atoms. The first-order valence-corrected chi connectivity index (χ1v) is 8.09. The Kier molecular flexibility index (Phi) is 6.21. The van der Waals surface area contributed by atoms with Gasteiger partial charge in [0.2, 0.25) is 5.91 Å². The number of hydrazine groups is 1. The first kappa shape index (κ1) is 16.8. The van der Waals surface area contributed by atoms with Gasteiger partial charge in [0.1, 0.15) is 18.4 Å². The van der Waals surface area contributed by atoms with E-state index in [0.717, 1.165) is 36.1 Å². The summed E-state index contributed by atoms with van der Waals surface area (Å²) in [5.41, 5.74) is 8.48. The lowest BCUT2D eigenvalue weighted by molar-refractivity contribution is -0.123. The van der Waals surface area contributed by atoms with Crippen LogP contribution in [0.1, 0.15) is 37.3 Å². The van der Waals surface area contributed by atoms with Crippen molar-refractivity contribution in [2.75, 3.05) is 13.2 Å². The van der Waals surface area contributed by atoms with Crippen LogP contribution in [0.2, 0.25) is 0 Å². The standard InChI is InChI=1S/C17H27N3O2/c1-4-6-14-11-15(20-19-14)17(21)18-9-10-22-16-12(2)7-5-8-13(16)3/h5,7-8,14-15,19-20H,4,6,9-11H2,1-3H3,(H,18,21). The predicted octanol–water partition coefficient (Wildman–Crippen LogP) is 1.83. The smallest absolute Gasteiger partial charge is 0.238 e. The van der Waals surface area contributed by atoms with Gasteiger partial charge >= 0.3 is 0 Å². The molecule has 0 aromatic heterocycles. The van der Waals surface area contributed by atoms with Crippen molar-refractivity contribution in [1.29, 1.82) is 0 Å². The Morgan fingerprint density at radius 2 is 2.05 bits per heavy atom. The molecule has 1 aromatic rings. The summed E-state index contributed by atoms with van der Waals surface area (Å²) < 4.78 is 5.79. The Hall–Kier alpha value is -1.59. The molecule has 1 aliphatic rings. The molecule has 1 aromatic carbocycles. The predicted molar refractivity (Wildman–Crippen MR) is 87.8 cm³/mol. The number of nitrogens with one attached hydrogen (secondary N) is 3. The minimum absolute atomic E-state index is 0.0382. The highest BCUT2D eigenvalue weighted by Gasteiger charge is 2.28. The number of carbonyl (C=O) groups is 1. The van der Waals surface area contributed by atoms with E-state index in [2.05, 4.69) is 23.1 Å². The van der Waals surface area contributed by atoms with E-state index in [9.17, 15) is 4.79 Å². The van der Waals surface area contributed by atoms with Crippen molar-refractivity contribution in [3.05, 3.63) is 29.3 Å². The molecule has 1 aliphatic heterocycles. The number of aryl methyl sites for hydroxylation is 2. The zero-order chi connectivity index (χ0) is 15.9. The van der Waals surface area contributed by atoms with Crippen molar-refractivity contribution in [3.63, 3.8) is 0 Å². The Morgan fingerprint density at radius 1 is 1.32 bits per heavy atom. The van der Waals surface area contributed by atoms with Crippen LogP contribution in [-0.2, 0) is 4.79 Å². The van der Waals surface area contributed by atoms with Gasteiger partial charge in [-0.05, 0) is 37.8 Å². The van der Waals surface area contributed by atoms with Gasteiger partial charge in [-0.25, -0.2) is 5.43 Å². The van der Waals surface area contributed by atoms with E-state index in [1.807, 2.05) is 32.0 Å². The summed E-state index contributed by atoms with van der Waals surface area (Å²) in [6.07, 6.45) is 3.06. The van der Waals surface area contributed by atoms with Crippen LogP contribution in [0.4, 0.5) is 0 Å². The van der Waals surface area contributed by atoms with Gasteiger partial charge in [-0.1, -0.05) is 31.5 Å². The van der Waals surface area contributed by atoms with Gasteiger partial charge in [0.15, 0.2) is 0 Å². The minimum atomic E-state index is -0.142. The summed E-state index contributed by atoms with van der Waals surface area (Å²) in [5.74, 6) is 0.955. The molecule has 0 saturated carbocycles. The van der Waals surface area contributed by atoms with E-state index < -0.39 is 0 Å². The molecule has 1 fully saturated rings. The summed E-state index contributed by atoms with van der Waals surface area (Å²) in [7, 11) is 0. The number of benzene rings is 1. The van der Waals surface area contributed by atoms with E-state index in [-0.39, 0.29) is 11.9 Å². The van der Waals surface area contributed by atoms with Gasteiger partial charge in [-0.3, -0.25) is 10.2 Å². The lowest BCUT2D eigenvalue weighted by Gasteiger charge is -2.14. The lowest BCUT2D eigenvalue weighted by Crippen LogP contribution is -2.44. The quantitative estimate of drug-likeness (QED) is 0.673. The van der Waals surface area contributed by atoms with E-state index in [1.54, 1.807) is 0 Å². The summed E-state index contributed by atoms with van der Waals surface area (Å²) in [6, 6.07) is 6.33. The van der Waals surface area contributed by atoms with Crippen molar-refractivity contribution < 1.29 is 9.53 Å². The molecule has 2 rings (SSSR count). The van der Waals surface area contributed by atoms with Gasteiger partial charge in [0, 0.05) is 6.04 Å². The first-order valence-electron chi connectivity index (χ1n) is 8.09. The fourth-order valence-corrected chi connectivity index (χ4v) is 2.81. The molecule has 22 heavy (non-hydrogen) atoms. The van der Waals surface area contributed by atoms with Crippen LogP contribution in [-0.4, -0.2) is 31.1 Å². The molecule has 0 aliphatic carbocycles. The van der Waals surface area contributed by atoms with Crippen LogP contribution >= 0.6 is 0 Å². The molecule has 5 heteroatoms. The molecule has 1 saturated heterocycles. The van der Waals surface area contributed by atoms with Crippen LogP contribution < -0.4 is 20.9 Å². The third-order valence-corrected chi connectivity index (χ3v) is 3.99. The number of amides is 1. The van der Waals surface area contributed by atoms with Crippen molar-refractivity contribution in [2.45, 2.75) is 52.1 Å². The van der Waals surface area contributed by atoms with Crippen molar-refractivity contribution >= 4 is 5.91 Å². The average molecular weight is 305 g/mol. The number of hydrogen-bond donors (Lipinski definition) is 3. The van der Waals surface area contributed by atoms with Crippen molar-refractivity contribution in [3.8, 4) is 5.75 Å². The van der Waals surface area contributed by atoms with Crippen LogP contribution in [0.5, 0.6) is 5.75 Å². The van der Waals surface area contributed by atoms with Crippen LogP contribution in [0, 0.1) is 13.8 Å². The summed E-state index contributed by atoms with van der Waals surface area (Å²) >= 11 is 0. The topological polar surface area (TPSA) is 62.4 Å². The zero-order valence-corrected chi connectivity index (χ0v) is 13.7. The molecular formula is C17H27N3O2. The Bertz CT molecular complexity index is 484. The maximum absolute atomic E-state index is 12.1. The van der Waals surface area contributed by atoms with Crippen molar-refractivity contribution in [2.24, 2.45) is 0 Å². The lowest BCUT2D eigenvalue weighted by atomic mass is 10.1. The van der Waals surface area contributed by atoms with E-state index in [4.69, 9.17) is 4.74 Å². The molecule has 0 bridgehead atoms. The molecule has 122 valence electrons. The highest BCUT2D eigenvalue weighted by molar-refractivity contribution is 5.82. The van der Waals surface area contributed by atoms with Crippen molar-refractivity contribution in [1.82, 2.24) is 16.2 Å². The Balaban J connectivity index is 1.70. The van der Waals surface area contributed by atoms with Crippen LogP contribution in [0.15, 0.2) is 18.2 Å². The second-order valence-corrected chi connectivity index (χ2v) is 5.92. The van der Waals surface area contributed by atoms with Gasteiger partial charge in [-0.2, -0.15) is 0 Å². The first-order chi connectivity index (χ1) is 10.6. The normalized spacial score (nSPS) is 20.9. The summed E-state index contributed by atoms with van der Waals surface area (Å²) in [6.45, 7) is 7.21. The molecular weight excluding hydrogens is 278 g/mol. The average Bonchev–Trinajstić information content (AvgIpc) is 2.95. The largest absolute Gasteiger partial charge is 0.491 e. The number of rotatable bonds is 7. The SMILES string of the molecule is CCCC1CC(C(=O)NCCOc2c(C)cccc2C)NN1. The molecule has 3 N–H and O–H groups in total. The van der Waals surface area contributed by atoms with Gasteiger partial charge in [0.05, 0.1) is 6.54 Å². The van der Waals surface area contributed by atoms with Gasteiger partial charge in [-0.15, -0.1) is 0 Å². The summed E-state index contributed by atoms with van der Waals surface area (Å²) in [5, 5.41) is 2.93. The van der Waals surface area contributed by atoms with E-state index in [0.29, 0.717) is 19.2 Å². The van der Waals surface area contributed by atoms with Gasteiger partial charge < -0.3 is 10.1 Å². The molecule has 2 atom stereocenters. The molecule has 1 heterocycles. The Labute approximate surface area is 132 Å². The second kappa shape index (κ2) is 8.15. The molecule has 5 nitrogen and oxygen atoms in total. The van der Waals surface area contributed by atoms with E-state index in [1.165, 1.54) is 0 Å². The second-order valence-electron chi connectivity index (χ2n) is 5.92. The zero-order valence-electron chi connectivity index (χ0n) is 13.7. The van der Waals surface area contributed by atoms with E-state index >= 15 is 0 Å². The molecule has 1 amide bonds. The number of para-hydroxylation sites is 1. The monoisotopic (exact) mass is 305 g/mol. The summed E-state index contributed by atoms with van der Waals surface area (Å²) in [4.78, 5) is 12.1. The van der Waals surface area contributed by atoms with Crippen LogP contribution in [0.3, 0.4) is 0 Å². The number of carbonyl (C=O) groups excluding carboxylic acids is 1. The third kappa shape index (κ3) is 4.45. The molecule has 2 unspecified atom stereocenters. The minimum Gasteiger partial charge on any atom is -0.491 e. The number of hydrogen-bond acceptors (Lipinski definition) is 4. The Morgan fingerprint density at radius 3 is 2.73 bits per heavy atom. The number of ether oxygens (including phenoxy) is 1. The van der Waals surface area contributed by atoms with Gasteiger partial charge in [0.25, 0.3) is 0 Å². The highest BCUT2D eigenvalue weighted by Crippen LogP contribution is 2.21.